The van der Waals surface area contributed by atoms with Gasteiger partial charge in [0.2, 0.25) is 5.91 Å². The molecule has 4 rings (SSSR count). The first kappa shape index (κ1) is 25.4. The number of piperidine rings is 2. The van der Waals surface area contributed by atoms with Crippen LogP contribution in [0.25, 0.3) is 0 Å². The van der Waals surface area contributed by atoms with Gasteiger partial charge in [0.25, 0.3) is 11.5 Å². The largest absolute Gasteiger partial charge is 0.431 e. The summed E-state index contributed by atoms with van der Waals surface area (Å²) in [6, 6.07) is 11.3. The van der Waals surface area contributed by atoms with Crippen molar-refractivity contribution in [2.24, 2.45) is 5.41 Å². The number of methoxy groups -OCH3 is 1. The molecule has 0 aliphatic carbocycles. The van der Waals surface area contributed by atoms with E-state index in [1.165, 1.54) is 30.3 Å². The average molecular weight is 513 g/mol. The number of nitrogens with zero attached hydrogens (tertiary/aromatic N) is 1. The minimum atomic E-state index is -5.07. The monoisotopic (exact) mass is 512 g/mol. The molecular formula is C25H25ClF4N2O3. The normalized spacial score (nSPS) is 21.9. The van der Waals surface area contributed by atoms with E-state index in [2.05, 4.69) is 5.32 Å². The fourth-order valence-corrected chi connectivity index (χ4v) is 5.73. The molecule has 2 atom stereocenters. The number of ether oxygens (including phenoxy) is 1. The zero-order chi connectivity index (χ0) is 25.4. The highest BCUT2D eigenvalue weighted by Crippen LogP contribution is 2.51. The van der Waals surface area contributed by atoms with E-state index in [0.29, 0.717) is 19.4 Å². The van der Waals surface area contributed by atoms with Crippen molar-refractivity contribution >= 4 is 23.4 Å². The molecule has 188 valence electrons. The molecule has 2 fully saturated rings. The van der Waals surface area contributed by atoms with Gasteiger partial charge in [-0.25, -0.2) is 4.39 Å². The second-order valence-electron chi connectivity index (χ2n) is 9.10. The number of halogens is 5. The smallest absolute Gasteiger partial charge is 0.356 e. The van der Waals surface area contributed by atoms with Crippen LogP contribution in [0, 0.1) is 11.2 Å². The lowest BCUT2D eigenvalue weighted by Gasteiger charge is -2.50. The van der Waals surface area contributed by atoms with Gasteiger partial charge in [-0.3, -0.25) is 9.59 Å². The van der Waals surface area contributed by atoms with Gasteiger partial charge in [0, 0.05) is 49.7 Å². The van der Waals surface area contributed by atoms with Crippen LogP contribution in [0.5, 0.6) is 0 Å². The number of alkyl halides is 3. The summed E-state index contributed by atoms with van der Waals surface area (Å²) < 4.78 is 61.8. The van der Waals surface area contributed by atoms with Gasteiger partial charge in [0.15, 0.2) is 0 Å². The van der Waals surface area contributed by atoms with Crippen LogP contribution in [0.4, 0.5) is 17.6 Å². The van der Waals surface area contributed by atoms with Crippen molar-refractivity contribution in [3.63, 3.8) is 0 Å². The number of likely N-dealkylation sites (tertiary alicyclic amines) is 1. The van der Waals surface area contributed by atoms with Gasteiger partial charge in [-0.15, -0.1) is 0 Å². The SMILES string of the molecule is COC(C(=O)N1CCC2(CC1)CC(=O)NCC2c1ccc(F)cc1)(c1ccccc1Cl)C(F)(F)F. The van der Waals surface area contributed by atoms with E-state index in [1.54, 1.807) is 12.1 Å². The second-order valence-corrected chi connectivity index (χ2v) is 9.51. The van der Waals surface area contributed by atoms with Gasteiger partial charge in [0.05, 0.1) is 0 Å². The first-order valence-electron chi connectivity index (χ1n) is 11.2. The van der Waals surface area contributed by atoms with E-state index in [-0.39, 0.29) is 42.2 Å². The van der Waals surface area contributed by atoms with E-state index in [1.807, 2.05) is 0 Å². The number of benzene rings is 2. The molecule has 10 heteroatoms. The van der Waals surface area contributed by atoms with Crippen molar-refractivity contribution in [3.05, 3.63) is 70.5 Å². The lowest BCUT2D eigenvalue weighted by atomic mass is 9.62. The molecule has 2 aromatic rings. The number of hydrogen-bond donors (Lipinski definition) is 1. The molecular weight excluding hydrogens is 488 g/mol. The molecule has 5 nitrogen and oxygen atoms in total. The fraction of sp³-hybridized carbons (Fsp3) is 0.440. The van der Waals surface area contributed by atoms with Crippen LogP contribution in [-0.2, 0) is 19.9 Å². The first-order valence-corrected chi connectivity index (χ1v) is 11.6. The molecule has 2 saturated heterocycles. The Morgan fingerprint density at radius 3 is 2.31 bits per heavy atom. The van der Waals surface area contributed by atoms with Gasteiger partial charge in [-0.05, 0) is 42.0 Å². The maximum atomic E-state index is 14.4. The van der Waals surface area contributed by atoms with Crippen LogP contribution < -0.4 is 5.32 Å². The fourth-order valence-electron chi connectivity index (χ4n) is 5.46. The number of carbonyl (C=O) groups is 2. The Labute approximate surface area is 205 Å². The summed E-state index contributed by atoms with van der Waals surface area (Å²) in [5.41, 5.74) is -3.45. The summed E-state index contributed by atoms with van der Waals surface area (Å²) in [4.78, 5) is 26.9. The van der Waals surface area contributed by atoms with Gasteiger partial charge >= 0.3 is 6.18 Å². The van der Waals surface area contributed by atoms with Crippen molar-refractivity contribution in [1.82, 2.24) is 10.2 Å². The molecule has 2 heterocycles. The molecule has 2 aliphatic rings. The van der Waals surface area contributed by atoms with Crippen LogP contribution in [0.3, 0.4) is 0 Å². The second kappa shape index (κ2) is 9.43. The predicted octanol–water partition coefficient (Wildman–Crippen LogP) is 4.80. The Bertz CT molecular complexity index is 1100. The first-order chi connectivity index (χ1) is 16.5. The number of amides is 2. The van der Waals surface area contributed by atoms with Gasteiger partial charge < -0.3 is 15.0 Å². The molecule has 2 aromatic carbocycles. The number of rotatable bonds is 4. The molecule has 1 spiro atoms. The lowest BCUT2D eigenvalue weighted by Crippen LogP contribution is -2.60. The van der Waals surface area contributed by atoms with E-state index in [0.717, 1.165) is 23.6 Å². The summed E-state index contributed by atoms with van der Waals surface area (Å²) in [7, 11) is 0.843. The van der Waals surface area contributed by atoms with E-state index in [9.17, 15) is 27.2 Å². The van der Waals surface area contributed by atoms with Crippen molar-refractivity contribution in [2.45, 2.75) is 37.0 Å². The van der Waals surface area contributed by atoms with Crippen LogP contribution in [0.15, 0.2) is 48.5 Å². The summed E-state index contributed by atoms with van der Waals surface area (Å²) in [6.07, 6.45) is -4.26. The Hall–Kier alpha value is -2.65. The number of hydrogen-bond acceptors (Lipinski definition) is 3. The molecule has 2 amide bonds. The highest BCUT2D eigenvalue weighted by Gasteiger charge is 2.65. The van der Waals surface area contributed by atoms with E-state index < -0.39 is 28.7 Å². The third kappa shape index (κ3) is 4.40. The zero-order valence-corrected chi connectivity index (χ0v) is 19.8. The third-order valence-electron chi connectivity index (χ3n) is 7.33. The lowest BCUT2D eigenvalue weighted by molar-refractivity contribution is -0.271. The summed E-state index contributed by atoms with van der Waals surface area (Å²) in [5, 5.41) is 2.61. The zero-order valence-electron chi connectivity index (χ0n) is 19.0. The highest BCUT2D eigenvalue weighted by atomic mass is 35.5. The molecule has 1 N–H and O–H groups in total. The average Bonchev–Trinajstić information content (AvgIpc) is 2.81. The van der Waals surface area contributed by atoms with Crippen LogP contribution in [0.2, 0.25) is 5.02 Å². The quantitative estimate of drug-likeness (QED) is 0.599. The summed E-state index contributed by atoms with van der Waals surface area (Å²) >= 11 is 6.09. The molecule has 0 bridgehead atoms. The third-order valence-corrected chi connectivity index (χ3v) is 7.66. The Kier molecular flexibility index (Phi) is 6.85. The van der Waals surface area contributed by atoms with Gasteiger partial charge in [-0.2, -0.15) is 13.2 Å². The molecule has 0 saturated carbocycles. The van der Waals surface area contributed by atoms with Gasteiger partial charge in [-0.1, -0.05) is 41.9 Å². The predicted molar refractivity (Wildman–Crippen MR) is 121 cm³/mol. The van der Waals surface area contributed by atoms with Crippen LogP contribution in [0.1, 0.15) is 36.3 Å². The minimum Gasteiger partial charge on any atom is -0.356 e. The Morgan fingerprint density at radius 1 is 1.11 bits per heavy atom. The van der Waals surface area contributed by atoms with Crippen molar-refractivity contribution in [1.29, 1.82) is 0 Å². The van der Waals surface area contributed by atoms with Crippen molar-refractivity contribution < 1.29 is 31.9 Å². The van der Waals surface area contributed by atoms with Crippen molar-refractivity contribution in [3.8, 4) is 0 Å². The molecule has 2 unspecified atom stereocenters. The summed E-state index contributed by atoms with van der Waals surface area (Å²) in [5.74, 6) is -1.93. The summed E-state index contributed by atoms with van der Waals surface area (Å²) in [6.45, 7) is 0.355. The van der Waals surface area contributed by atoms with Crippen LogP contribution in [-0.4, -0.2) is 49.6 Å². The maximum Gasteiger partial charge on any atom is 0.431 e. The van der Waals surface area contributed by atoms with Crippen LogP contribution >= 0.6 is 11.6 Å². The van der Waals surface area contributed by atoms with Gasteiger partial charge in [0.1, 0.15) is 5.82 Å². The van der Waals surface area contributed by atoms with Crippen molar-refractivity contribution in [2.75, 3.05) is 26.7 Å². The standard InChI is InChI=1S/C25H25ClF4N2O3/c1-35-24(25(28,29)30,18-4-2-3-5-20(18)26)22(34)32-12-10-23(11-13-32)14-21(33)31-15-19(23)16-6-8-17(27)9-7-16/h2-9,19H,10-15H2,1H3,(H,31,33). The Morgan fingerprint density at radius 2 is 1.74 bits per heavy atom. The minimum absolute atomic E-state index is 0.00938. The number of nitrogens with one attached hydrogen (secondary N) is 1. The molecule has 0 radical (unpaired) electrons. The van der Waals surface area contributed by atoms with E-state index in [4.69, 9.17) is 16.3 Å². The molecule has 0 aromatic heterocycles. The highest BCUT2D eigenvalue weighted by molar-refractivity contribution is 6.31. The van der Waals surface area contributed by atoms with E-state index >= 15 is 0 Å². The Balaban J connectivity index is 1.64. The molecule has 2 aliphatic heterocycles. The topological polar surface area (TPSA) is 58.6 Å². The maximum absolute atomic E-state index is 14.4. The molecule has 35 heavy (non-hydrogen) atoms. The number of carbonyl (C=O) groups excluding carboxylic acids is 2.